The Morgan fingerprint density at radius 3 is 2.93 bits per heavy atom. The molecule has 150 valence electrons. The third-order valence-corrected chi connectivity index (χ3v) is 5.80. The first-order valence-corrected chi connectivity index (χ1v) is 9.77. The van der Waals surface area contributed by atoms with Crippen LogP contribution in [0, 0.1) is 5.92 Å². The molecule has 0 aliphatic carbocycles. The zero-order valence-corrected chi connectivity index (χ0v) is 16.0. The average Bonchev–Trinajstić information content (AvgIpc) is 3.34. The largest absolute Gasteiger partial charge is 0.460 e. The number of para-hydroxylation sites is 1. The topological polar surface area (TPSA) is 59.5 Å². The summed E-state index contributed by atoms with van der Waals surface area (Å²) in [4.78, 5) is 10.3. The molecule has 1 aromatic carbocycles. The summed E-state index contributed by atoms with van der Waals surface area (Å²) in [5, 5.41) is 5.32. The minimum Gasteiger partial charge on any atom is -0.460 e. The lowest BCUT2D eigenvalue weighted by molar-refractivity contribution is 0.141. The predicted molar refractivity (Wildman–Crippen MR) is 104 cm³/mol. The van der Waals surface area contributed by atoms with E-state index in [1.54, 1.807) is 4.52 Å². The molecule has 0 radical (unpaired) electrons. The summed E-state index contributed by atoms with van der Waals surface area (Å²) in [6.45, 7) is 4.52. The molecule has 1 saturated heterocycles. The zero-order valence-electron chi connectivity index (χ0n) is 16.0. The monoisotopic (exact) mass is 397 g/mol. The second kappa shape index (κ2) is 7.18. The fourth-order valence-electron chi connectivity index (χ4n) is 4.23. The molecular weight excluding hydrogens is 376 g/mol. The maximum absolute atomic E-state index is 13.4. The second-order valence-corrected chi connectivity index (χ2v) is 7.74. The van der Waals surface area contributed by atoms with E-state index in [1.807, 2.05) is 24.3 Å². The van der Waals surface area contributed by atoms with Crippen molar-refractivity contribution >= 4 is 16.7 Å². The highest BCUT2D eigenvalue weighted by molar-refractivity contribution is 5.77. The summed E-state index contributed by atoms with van der Waals surface area (Å²) in [6, 6.07) is 11.5. The molecule has 0 saturated carbocycles. The molecular formula is C21H21F2N5O. The van der Waals surface area contributed by atoms with Gasteiger partial charge in [0.2, 0.25) is 0 Å². The van der Waals surface area contributed by atoms with Crippen LogP contribution in [0.1, 0.15) is 42.8 Å². The number of likely N-dealkylation sites (tertiary alicyclic amines) is 1. The van der Waals surface area contributed by atoms with Gasteiger partial charge in [-0.05, 0) is 37.1 Å². The van der Waals surface area contributed by atoms with E-state index in [9.17, 15) is 8.78 Å². The zero-order chi connectivity index (χ0) is 20.0. The van der Waals surface area contributed by atoms with Crippen LogP contribution in [-0.4, -0.2) is 37.6 Å². The van der Waals surface area contributed by atoms with Crippen LogP contribution in [-0.2, 0) is 6.54 Å². The lowest BCUT2D eigenvalue weighted by Gasteiger charge is -2.36. The van der Waals surface area contributed by atoms with Crippen molar-refractivity contribution in [1.29, 1.82) is 0 Å². The Morgan fingerprint density at radius 1 is 1.24 bits per heavy atom. The SMILES string of the molecule is C[C@@H]1CCN(Cc2cc3ccccc3o2)C[C@H]1c1cc(C(F)F)nc2ncnn12. The lowest BCUT2D eigenvalue weighted by Crippen LogP contribution is -2.38. The molecule has 1 aliphatic rings. The number of furan rings is 1. The van der Waals surface area contributed by atoms with Crippen molar-refractivity contribution in [3.05, 3.63) is 59.9 Å². The molecule has 3 aromatic heterocycles. The normalized spacial score (nSPS) is 20.8. The number of benzene rings is 1. The fraction of sp³-hybridized carbons (Fsp3) is 0.381. The summed E-state index contributed by atoms with van der Waals surface area (Å²) < 4.78 is 34.3. The van der Waals surface area contributed by atoms with Gasteiger partial charge in [0.25, 0.3) is 12.2 Å². The number of hydrogen-bond acceptors (Lipinski definition) is 5. The van der Waals surface area contributed by atoms with Crippen molar-refractivity contribution in [2.45, 2.75) is 32.2 Å². The molecule has 8 heteroatoms. The van der Waals surface area contributed by atoms with Crippen LogP contribution < -0.4 is 0 Å². The van der Waals surface area contributed by atoms with Gasteiger partial charge in [-0.1, -0.05) is 25.1 Å². The molecule has 2 atom stereocenters. The van der Waals surface area contributed by atoms with E-state index in [0.29, 0.717) is 12.5 Å². The minimum absolute atomic E-state index is 0.0535. The third kappa shape index (κ3) is 3.37. The third-order valence-electron chi connectivity index (χ3n) is 5.80. The molecule has 6 nitrogen and oxygen atoms in total. The van der Waals surface area contributed by atoms with Gasteiger partial charge in [0.15, 0.2) is 0 Å². The van der Waals surface area contributed by atoms with E-state index >= 15 is 0 Å². The van der Waals surface area contributed by atoms with Gasteiger partial charge in [0, 0.05) is 17.8 Å². The summed E-state index contributed by atoms with van der Waals surface area (Å²) in [6.07, 6.45) is -0.310. The molecule has 4 aromatic rings. The van der Waals surface area contributed by atoms with Crippen LogP contribution in [0.2, 0.25) is 0 Å². The summed E-state index contributed by atoms with van der Waals surface area (Å²) in [5.41, 5.74) is 1.37. The van der Waals surface area contributed by atoms with E-state index in [1.165, 1.54) is 12.4 Å². The van der Waals surface area contributed by atoms with Gasteiger partial charge < -0.3 is 4.42 Å². The van der Waals surface area contributed by atoms with Gasteiger partial charge in [0.05, 0.1) is 12.2 Å². The molecule has 0 unspecified atom stereocenters. The number of piperidine rings is 1. The average molecular weight is 397 g/mol. The molecule has 0 bridgehead atoms. The second-order valence-electron chi connectivity index (χ2n) is 7.74. The van der Waals surface area contributed by atoms with Crippen molar-refractivity contribution in [2.24, 2.45) is 5.92 Å². The summed E-state index contributed by atoms with van der Waals surface area (Å²) >= 11 is 0. The van der Waals surface area contributed by atoms with E-state index in [-0.39, 0.29) is 17.4 Å². The maximum Gasteiger partial charge on any atom is 0.280 e. The number of halogens is 2. The van der Waals surface area contributed by atoms with E-state index in [0.717, 1.165) is 41.9 Å². The smallest absolute Gasteiger partial charge is 0.280 e. The molecule has 29 heavy (non-hydrogen) atoms. The van der Waals surface area contributed by atoms with Gasteiger partial charge in [-0.25, -0.2) is 18.3 Å². The Hall–Kier alpha value is -2.87. The Kier molecular flexibility index (Phi) is 4.50. The number of hydrogen-bond donors (Lipinski definition) is 0. The van der Waals surface area contributed by atoms with Crippen LogP contribution in [0.4, 0.5) is 8.78 Å². The number of rotatable bonds is 4. The lowest BCUT2D eigenvalue weighted by atomic mass is 9.84. The Bertz CT molecular complexity index is 1120. The summed E-state index contributed by atoms with van der Waals surface area (Å²) in [7, 11) is 0. The van der Waals surface area contributed by atoms with Crippen molar-refractivity contribution in [2.75, 3.05) is 13.1 Å². The first-order chi connectivity index (χ1) is 14.1. The van der Waals surface area contributed by atoms with Crippen LogP contribution in [0.15, 0.2) is 47.1 Å². The Balaban J connectivity index is 1.44. The van der Waals surface area contributed by atoms with Gasteiger partial charge >= 0.3 is 0 Å². The number of aromatic nitrogens is 4. The van der Waals surface area contributed by atoms with Crippen LogP contribution in [0.25, 0.3) is 16.7 Å². The molecule has 0 N–H and O–H groups in total. The van der Waals surface area contributed by atoms with E-state index in [2.05, 4.69) is 33.0 Å². The standard InChI is InChI=1S/C21H21F2N5O/c1-13-6-7-27(10-15-8-14-4-2-3-5-19(14)29-15)11-16(13)18-9-17(20(22)23)26-21-24-12-25-28(18)21/h2-5,8-9,12-13,16,20H,6-7,10-11H2,1H3/t13-,16-/m1/s1. The van der Waals surface area contributed by atoms with Crippen LogP contribution in [0.3, 0.4) is 0 Å². The fourth-order valence-corrected chi connectivity index (χ4v) is 4.23. The maximum atomic E-state index is 13.4. The van der Waals surface area contributed by atoms with Crippen molar-refractivity contribution in [3.63, 3.8) is 0 Å². The molecule has 1 aliphatic heterocycles. The van der Waals surface area contributed by atoms with Crippen LogP contribution in [0.5, 0.6) is 0 Å². The number of alkyl halides is 2. The Labute approximate surface area is 166 Å². The van der Waals surface area contributed by atoms with Gasteiger partial charge in [-0.15, -0.1) is 0 Å². The van der Waals surface area contributed by atoms with E-state index in [4.69, 9.17) is 4.42 Å². The molecule has 0 spiro atoms. The van der Waals surface area contributed by atoms with Gasteiger partial charge in [0.1, 0.15) is 23.4 Å². The first-order valence-electron chi connectivity index (χ1n) is 9.77. The van der Waals surface area contributed by atoms with Crippen molar-refractivity contribution in [1.82, 2.24) is 24.5 Å². The molecule has 1 fully saturated rings. The van der Waals surface area contributed by atoms with Crippen molar-refractivity contribution < 1.29 is 13.2 Å². The highest BCUT2D eigenvalue weighted by Gasteiger charge is 2.31. The number of nitrogens with zero attached hydrogens (tertiary/aromatic N) is 5. The van der Waals surface area contributed by atoms with E-state index < -0.39 is 6.43 Å². The highest BCUT2D eigenvalue weighted by Crippen LogP contribution is 2.34. The summed E-state index contributed by atoms with van der Waals surface area (Å²) in [5.74, 6) is 1.52. The van der Waals surface area contributed by atoms with Crippen molar-refractivity contribution in [3.8, 4) is 0 Å². The van der Waals surface area contributed by atoms with Crippen LogP contribution >= 0.6 is 0 Å². The quantitative estimate of drug-likeness (QED) is 0.510. The minimum atomic E-state index is -2.64. The predicted octanol–water partition coefficient (Wildman–Crippen LogP) is 4.43. The highest BCUT2D eigenvalue weighted by atomic mass is 19.3. The molecule has 5 rings (SSSR count). The Morgan fingerprint density at radius 2 is 2.10 bits per heavy atom. The molecule has 4 heterocycles. The van der Waals surface area contributed by atoms with Gasteiger partial charge in [-0.3, -0.25) is 4.90 Å². The first kappa shape index (κ1) is 18.2. The number of fused-ring (bicyclic) bond motifs is 2. The van der Waals surface area contributed by atoms with Gasteiger partial charge in [-0.2, -0.15) is 10.1 Å². The molecule has 0 amide bonds.